The van der Waals surface area contributed by atoms with Gasteiger partial charge in [-0.3, -0.25) is 33.8 Å². The molecule has 0 spiro atoms. The Balaban J connectivity index is 0.00000198. The molecule has 3 aliphatic rings. The molecule has 0 bridgehead atoms. The molecule has 18 heteroatoms. The highest BCUT2D eigenvalue weighted by Gasteiger charge is 2.31. The van der Waals surface area contributed by atoms with E-state index in [9.17, 15) is 24.0 Å². The van der Waals surface area contributed by atoms with Gasteiger partial charge in [0.15, 0.2) is 5.69 Å². The van der Waals surface area contributed by atoms with E-state index >= 15 is 4.39 Å². The molecule has 0 aliphatic carbocycles. The zero-order valence-electron chi connectivity index (χ0n) is 43.5. The summed E-state index contributed by atoms with van der Waals surface area (Å²) in [6.45, 7) is 13.4. The number of nitrogens with two attached hydrogens (primary N) is 1. The van der Waals surface area contributed by atoms with Crippen molar-refractivity contribution in [1.29, 1.82) is 5.41 Å². The third kappa shape index (κ3) is 15.4. The number of rotatable bonds is 18. The van der Waals surface area contributed by atoms with Crippen LogP contribution in [0.15, 0.2) is 97.6 Å². The number of carbonyl (C=O) groups excluding carboxylic acids is 5. The van der Waals surface area contributed by atoms with Gasteiger partial charge < -0.3 is 36.5 Å². The molecule has 5 heterocycles. The summed E-state index contributed by atoms with van der Waals surface area (Å²) in [6.07, 6.45) is 10.3. The third-order valence-electron chi connectivity index (χ3n) is 14.1. The smallest absolute Gasteiger partial charge is 0.274 e. The van der Waals surface area contributed by atoms with Crippen LogP contribution >= 0.6 is 0 Å². The summed E-state index contributed by atoms with van der Waals surface area (Å²) in [6, 6.07) is 22.5. The summed E-state index contributed by atoms with van der Waals surface area (Å²) >= 11 is 0. The number of hydrogen-bond acceptors (Lipinski definition) is 12. The second kappa shape index (κ2) is 27.3. The number of halogens is 1. The Kier molecular flexibility index (Phi) is 20.2. The van der Waals surface area contributed by atoms with E-state index in [1.807, 2.05) is 23.1 Å². The standard InChI is InChI=1S/C53H61FN12O5.C4H10/c1-2-36-6-5-7-39(26-36)40-29-47(61-48(67)32-58-31-41-12-15-57-35-60-41)50(59-30-40)53(71)66-20-18-63(19-21-66)33-37-13-16-62(17-14-37)34-49(68)64-22-24-65(25-23-64)52(70)44-27-38(10-11-45(44)54)28-46(55)42-8-3-4-9-43(42)51(56)69;1-3-4-2/h3-12,15,26-27,29-30,35,37,55,58H,2,13-14,16-25,28,31-34H2,1H3,(H2,56,69)(H,61,67);3-4H2,1-2H3. The van der Waals surface area contributed by atoms with Gasteiger partial charge in [0.2, 0.25) is 17.7 Å². The van der Waals surface area contributed by atoms with Gasteiger partial charge in [-0.2, -0.15) is 0 Å². The van der Waals surface area contributed by atoms with E-state index in [0.717, 1.165) is 55.7 Å². The Morgan fingerprint density at radius 1 is 0.707 bits per heavy atom. The zero-order chi connectivity index (χ0) is 53.3. The summed E-state index contributed by atoms with van der Waals surface area (Å²) < 4.78 is 15.0. The van der Waals surface area contributed by atoms with Crippen molar-refractivity contribution in [1.82, 2.24) is 44.8 Å². The molecule has 0 unspecified atom stereocenters. The van der Waals surface area contributed by atoms with E-state index in [4.69, 9.17) is 11.1 Å². The van der Waals surface area contributed by atoms with Crippen molar-refractivity contribution in [3.63, 3.8) is 0 Å². The monoisotopic (exact) mass is 1020 g/mol. The molecular formula is C57H71FN12O5. The van der Waals surface area contributed by atoms with Crippen molar-refractivity contribution in [2.45, 2.75) is 65.8 Å². The predicted molar refractivity (Wildman–Crippen MR) is 288 cm³/mol. The Labute approximate surface area is 439 Å². The third-order valence-corrected chi connectivity index (χ3v) is 14.1. The Bertz CT molecular complexity index is 2770. The molecule has 0 atom stereocenters. The quantitative estimate of drug-likeness (QED) is 0.0755. The summed E-state index contributed by atoms with van der Waals surface area (Å²) in [7, 11) is 0. The van der Waals surface area contributed by atoms with Crippen LogP contribution in [0.4, 0.5) is 10.1 Å². The van der Waals surface area contributed by atoms with Gasteiger partial charge in [-0.15, -0.1) is 0 Å². The molecule has 3 aromatic carbocycles. The van der Waals surface area contributed by atoms with Gasteiger partial charge in [0.05, 0.1) is 30.0 Å². The number of unbranched alkanes of at least 4 members (excludes halogenated alkanes) is 1. The molecule has 0 saturated carbocycles. The Morgan fingerprint density at radius 3 is 2.08 bits per heavy atom. The van der Waals surface area contributed by atoms with Crippen molar-refractivity contribution >= 4 is 40.9 Å². The van der Waals surface area contributed by atoms with Crippen LogP contribution in [0.5, 0.6) is 0 Å². The van der Waals surface area contributed by atoms with Crippen molar-refractivity contribution in [3.05, 3.63) is 143 Å². The molecule has 3 saturated heterocycles. The van der Waals surface area contributed by atoms with E-state index in [1.165, 1.54) is 42.9 Å². The number of pyridine rings is 1. The molecular weight excluding hydrogens is 952 g/mol. The molecule has 75 heavy (non-hydrogen) atoms. The number of nitrogens with one attached hydrogen (secondary N) is 3. The van der Waals surface area contributed by atoms with Crippen LogP contribution < -0.4 is 16.4 Å². The molecule has 8 rings (SSSR count). The maximum Gasteiger partial charge on any atom is 0.274 e. The summed E-state index contributed by atoms with van der Waals surface area (Å²) in [5, 5.41) is 14.7. The minimum atomic E-state index is -0.663. The highest BCUT2D eigenvalue weighted by Crippen LogP contribution is 2.27. The maximum atomic E-state index is 15.0. The number of hydrogen-bond donors (Lipinski definition) is 4. The first-order valence-electron chi connectivity index (χ1n) is 26.2. The molecule has 3 aliphatic heterocycles. The summed E-state index contributed by atoms with van der Waals surface area (Å²) in [5.74, 6) is -1.85. The lowest BCUT2D eigenvalue weighted by Crippen LogP contribution is -2.53. The number of anilines is 1. The molecule has 0 radical (unpaired) electrons. The van der Waals surface area contributed by atoms with Crippen molar-refractivity contribution in [3.8, 4) is 11.1 Å². The minimum Gasteiger partial charge on any atom is -0.366 e. The Morgan fingerprint density at radius 2 is 1.40 bits per heavy atom. The molecule has 17 nitrogen and oxygen atoms in total. The van der Waals surface area contributed by atoms with Gasteiger partial charge in [0, 0.05) is 107 Å². The molecule has 3 fully saturated rings. The van der Waals surface area contributed by atoms with E-state index in [2.05, 4.69) is 68.3 Å². The van der Waals surface area contributed by atoms with Crippen LogP contribution in [-0.4, -0.2) is 160 Å². The van der Waals surface area contributed by atoms with Gasteiger partial charge in [0.25, 0.3) is 11.8 Å². The first kappa shape index (κ1) is 55.5. The molecule has 396 valence electrons. The second-order valence-electron chi connectivity index (χ2n) is 19.4. The average molecular weight is 1020 g/mol. The SMILES string of the molecule is CCCC.CCc1cccc(-c2cnc(C(=O)N3CCN(CC4CCN(CC(=O)N5CCN(C(=O)c6cc(CC(=N)c7ccccc7C(N)=O)ccc6F)CC5)CC4)CC3)c(NC(=O)CNCc3ccncn3)c2)c1. The van der Waals surface area contributed by atoms with Crippen molar-refractivity contribution in [2.75, 3.05) is 90.4 Å². The lowest BCUT2D eigenvalue weighted by atomic mass is 9.96. The number of carbonyl (C=O) groups is 5. The fraction of sp³-hybridized carbons (Fsp3) is 0.421. The number of piperazine rings is 2. The number of primary amides is 1. The van der Waals surface area contributed by atoms with Gasteiger partial charge in [-0.05, 0) is 85.3 Å². The van der Waals surface area contributed by atoms with Crippen LogP contribution in [0, 0.1) is 17.1 Å². The lowest BCUT2D eigenvalue weighted by molar-refractivity contribution is -0.134. The minimum absolute atomic E-state index is 0.00653. The number of benzene rings is 3. The van der Waals surface area contributed by atoms with Crippen LogP contribution in [0.1, 0.15) is 100 Å². The zero-order valence-corrected chi connectivity index (χ0v) is 43.5. The van der Waals surface area contributed by atoms with E-state index in [0.29, 0.717) is 75.1 Å². The highest BCUT2D eigenvalue weighted by molar-refractivity contribution is 6.09. The van der Waals surface area contributed by atoms with Crippen LogP contribution in [0.3, 0.4) is 0 Å². The lowest BCUT2D eigenvalue weighted by Gasteiger charge is -2.39. The van der Waals surface area contributed by atoms with E-state index in [-0.39, 0.29) is 66.3 Å². The van der Waals surface area contributed by atoms with E-state index in [1.54, 1.807) is 52.5 Å². The largest absolute Gasteiger partial charge is 0.366 e. The van der Waals surface area contributed by atoms with Crippen molar-refractivity contribution in [2.24, 2.45) is 11.7 Å². The number of aryl methyl sites for hydroxylation is 1. The fourth-order valence-electron chi connectivity index (χ4n) is 9.48. The first-order chi connectivity index (χ1) is 36.3. The summed E-state index contributed by atoms with van der Waals surface area (Å²) in [5.41, 5.74) is 10.9. The normalized spacial score (nSPS) is 15.4. The number of nitrogens with zero attached hydrogens (tertiary/aromatic N) is 8. The molecule has 5 amide bonds. The number of piperidine rings is 1. The van der Waals surface area contributed by atoms with Crippen LogP contribution in [0.2, 0.25) is 0 Å². The molecule has 2 aromatic heterocycles. The van der Waals surface area contributed by atoms with Gasteiger partial charge in [-0.1, -0.05) is 82.1 Å². The second-order valence-corrected chi connectivity index (χ2v) is 19.4. The first-order valence-corrected chi connectivity index (χ1v) is 26.2. The summed E-state index contributed by atoms with van der Waals surface area (Å²) in [4.78, 5) is 88.7. The fourth-order valence-corrected chi connectivity index (χ4v) is 9.48. The molecule has 5 aromatic rings. The van der Waals surface area contributed by atoms with E-state index < -0.39 is 17.6 Å². The molecule has 5 N–H and O–H groups in total. The maximum absolute atomic E-state index is 15.0. The number of amides is 5. The predicted octanol–water partition coefficient (Wildman–Crippen LogP) is 5.94. The van der Waals surface area contributed by atoms with Gasteiger partial charge in [-0.25, -0.2) is 19.3 Å². The number of aromatic nitrogens is 3. The van der Waals surface area contributed by atoms with Crippen LogP contribution in [-0.2, 0) is 29.0 Å². The topological polar surface area (TPSA) is 214 Å². The van der Waals surface area contributed by atoms with Gasteiger partial charge >= 0.3 is 0 Å². The average Bonchev–Trinajstić information content (AvgIpc) is 3.44. The highest BCUT2D eigenvalue weighted by atomic mass is 19.1. The van der Waals surface area contributed by atoms with Crippen molar-refractivity contribution < 1.29 is 28.4 Å². The Hall–Kier alpha value is -7.28. The van der Waals surface area contributed by atoms with Gasteiger partial charge in [0.1, 0.15) is 12.1 Å². The number of likely N-dealkylation sites (tertiary alicyclic amines) is 1. The van der Waals surface area contributed by atoms with Crippen LogP contribution in [0.25, 0.3) is 11.1 Å².